The van der Waals surface area contributed by atoms with Gasteiger partial charge >= 0.3 is 0 Å². The van der Waals surface area contributed by atoms with Crippen LogP contribution in [0.15, 0.2) is 54.2 Å². The maximum absolute atomic E-state index is 12.1. The number of carbonyl (C=O) groups is 2. The van der Waals surface area contributed by atoms with Gasteiger partial charge in [0.25, 0.3) is 11.4 Å². The van der Waals surface area contributed by atoms with Crippen LogP contribution in [0.3, 0.4) is 0 Å². The molecule has 11 heteroatoms. The van der Waals surface area contributed by atoms with E-state index in [4.69, 9.17) is 0 Å². The highest BCUT2D eigenvalue weighted by Gasteiger charge is 2.21. The van der Waals surface area contributed by atoms with Gasteiger partial charge in [0.2, 0.25) is 11.8 Å². The number of benzene rings is 2. The zero-order valence-corrected chi connectivity index (χ0v) is 17.7. The molecule has 2 rings (SSSR count). The number of amides is 2. The third-order valence-electron chi connectivity index (χ3n) is 4.42. The lowest BCUT2D eigenvalue weighted by Gasteiger charge is -2.10. The van der Waals surface area contributed by atoms with Crippen molar-refractivity contribution in [1.82, 2.24) is 10.9 Å². The normalized spacial score (nSPS) is 11.1. The van der Waals surface area contributed by atoms with Crippen LogP contribution < -0.4 is 16.2 Å². The molecule has 0 aliphatic rings. The second-order valence-corrected chi connectivity index (χ2v) is 7.27. The van der Waals surface area contributed by atoms with E-state index in [9.17, 15) is 29.8 Å². The molecule has 0 aliphatic carbocycles. The molecule has 2 aromatic carbocycles. The first-order valence-electron chi connectivity index (χ1n) is 9.62. The van der Waals surface area contributed by atoms with Gasteiger partial charge in [-0.2, -0.15) is 0 Å². The zero-order chi connectivity index (χ0) is 23.8. The number of carbonyl (C=O) groups excluding carboxylic acids is 2. The molecule has 0 heterocycles. The highest BCUT2D eigenvalue weighted by atomic mass is 16.6. The molecule has 0 atom stereocenters. The number of nitrogens with zero attached hydrogens (tertiary/aromatic N) is 2. The summed E-state index contributed by atoms with van der Waals surface area (Å²) in [7, 11) is 0. The van der Waals surface area contributed by atoms with Crippen LogP contribution in [0.4, 0.5) is 17.1 Å². The average Bonchev–Trinajstić information content (AvgIpc) is 2.72. The minimum Gasteiger partial charge on any atom is -0.322 e. The lowest BCUT2D eigenvalue weighted by atomic mass is 10.0. The highest BCUT2D eigenvalue weighted by Crippen LogP contribution is 2.25. The van der Waals surface area contributed by atoms with Gasteiger partial charge < -0.3 is 10.7 Å². The van der Waals surface area contributed by atoms with Gasteiger partial charge in [-0.25, -0.2) is 0 Å². The van der Waals surface area contributed by atoms with E-state index in [-0.39, 0.29) is 12.0 Å². The molecule has 2 aromatic rings. The second kappa shape index (κ2) is 10.7. The van der Waals surface area contributed by atoms with E-state index < -0.39 is 33.0 Å². The molecule has 0 spiro atoms. The molecule has 11 nitrogen and oxygen atoms in total. The highest BCUT2D eigenvalue weighted by molar-refractivity contribution is 5.99. The second-order valence-electron chi connectivity index (χ2n) is 7.27. The van der Waals surface area contributed by atoms with Gasteiger partial charge in [-0.1, -0.05) is 26.0 Å². The number of rotatable bonds is 9. The van der Waals surface area contributed by atoms with Crippen molar-refractivity contribution in [1.29, 1.82) is 0 Å². The maximum Gasteiger partial charge on any atom is 0.279 e. The third kappa shape index (κ3) is 6.90. The summed E-state index contributed by atoms with van der Waals surface area (Å²) in [6.07, 6.45) is 0.855. The summed E-state index contributed by atoms with van der Waals surface area (Å²) in [5, 5.41) is 24.6. The largest absolute Gasteiger partial charge is 0.322 e. The van der Waals surface area contributed by atoms with Crippen molar-refractivity contribution >= 4 is 28.9 Å². The van der Waals surface area contributed by atoms with E-state index >= 15 is 0 Å². The van der Waals surface area contributed by atoms with Crippen LogP contribution in [0.2, 0.25) is 0 Å². The molecule has 0 fully saturated rings. The number of nitro groups is 2. The zero-order valence-electron chi connectivity index (χ0n) is 17.7. The van der Waals surface area contributed by atoms with Crippen LogP contribution in [-0.2, 0) is 16.0 Å². The van der Waals surface area contributed by atoms with Gasteiger partial charge in [-0.3, -0.25) is 35.2 Å². The van der Waals surface area contributed by atoms with Crippen molar-refractivity contribution < 1.29 is 19.4 Å². The van der Waals surface area contributed by atoms with Gasteiger partial charge in [0.15, 0.2) is 0 Å². The molecule has 2 amide bonds. The first-order valence-corrected chi connectivity index (χ1v) is 9.62. The van der Waals surface area contributed by atoms with Crippen LogP contribution in [-0.4, -0.2) is 21.7 Å². The lowest BCUT2D eigenvalue weighted by Crippen LogP contribution is -2.37. The third-order valence-corrected chi connectivity index (χ3v) is 4.42. The van der Waals surface area contributed by atoms with Crippen LogP contribution in [0.5, 0.6) is 0 Å². The number of nitro benzene ring substituents is 2. The minimum absolute atomic E-state index is 0.0177. The number of allylic oxidation sites excluding steroid dienone is 1. The Kier molecular flexibility index (Phi) is 7.99. The van der Waals surface area contributed by atoms with Crippen molar-refractivity contribution in [2.24, 2.45) is 0 Å². The number of nitrogens with one attached hydrogen (secondary N) is 3. The number of hydrazine groups is 1. The first-order chi connectivity index (χ1) is 15.1. The van der Waals surface area contributed by atoms with Crippen molar-refractivity contribution in [2.45, 2.75) is 33.1 Å². The van der Waals surface area contributed by atoms with Gasteiger partial charge in [-0.15, -0.1) is 0 Å². The van der Waals surface area contributed by atoms with E-state index in [2.05, 4.69) is 30.0 Å². The SMILES string of the molecule is C/C(=C\C(=O)Nc1ccc(C(C)C)cc1)NNC(=O)Cc1ccc([N+](=O)[O-])cc1[N+](=O)[O-]. The quantitative estimate of drug-likeness (QED) is 0.306. The summed E-state index contributed by atoms with van der Waals surface area (Å²) in [5.41, 5.74) is 6.02. The summed E-state index contributed by atoms with van der Waals surface area (Å²) in [6.45, 7) is 5.69. The Labute approximate surface area is 183 Å². The molecule has 0 radical (unpaired) electrons. The number of hydrogen-bond donors (Lipinski definition) is 3. The number of anilines is 1. The van der Waals surface area contributed by atoms with Crippen LogP contribution in [0, 0.1) is 20.2 Å². The first kappa shape index (κ1) is 24.0. The van der Waals surface area contributed by atoms with Gasteiger partial charge in [0.05, 0.1) is 22.3 Å². The molecule has 3 N–H and O–H groups in total. The fourth-order valence-corrected chi connectivity index (χ4v) is 2.73. The van der Waals surface area contributed by atoms with Crippen LogP contribution in [0.1, 0.15) is 37.8 Å². The Bertz CT molecular complexity index is 1060. The maximum atomic E-state index is 12.1. The van der Waals surface area contributed by atoms with Crippen molar-refractivity contribution in [3.05, 3.63) is 85.6 Å². The molecular weight excluding hydrogens is 418 g/mol. The predicted molar refractivity (Wildman–Crippen MR) is 118 cm³/mol. The monoisotopic (exact) mass is 441 g/mol. The Hall–Kier alpha value is -4.28. The Balaban J connectivity index is 1.93. The van der Waals surface area contributed by atoms with Crippen molar-refractivity contribution in [2.75, 3.05) is 5.32 Å². The molecular formula is C21H23N5O6. The topological polar surface area (TPSA) is 157 Å². The molecule has 32 heavy (non-hydrogen) atoms. The fourth-order valence-electron chi connectivity index (χ4n) is 2.73. The van der Waals surface area contributed by atoms with E-state index in [1.54, 1.807) is 19.1 Å². The summed E-state index contributed by atoms with van der Waals surface area (Å²) >= 11 is 0. The number of non-ortho nitro benzene ring substituents is 1. The Morgan fingerprint density at radius 1 is 1.00 bits per heavy atom. The summed E-state index contributed by atoms with van der Waals surface area (Å²) in [6, 6.07) is 10.5. The molecule has 0 bridgehead atoms. The van der Waals surface area contributed by atoms with Crippen LogP contribution in [0.25, 0.3) is 0 Å². The van der Waals surface area contributed by atoms with E-state index in [1.165, 1.54) is 6.08 Å². The van der Waals surface area contributed by atoms with E-state index in [0.29, 0.717) is 17.3 Å². The van der Waals surface area contributed by atoms with Gasteiger partial charge in [0, 0.05) is 29.1 Å². The van der Waals surface area contributed by atoms with Gasteiger partial charge in [0.1, 0.15) is 0 Å². The lowest BCUT2D eigenvalue weighted by molar-refractivity contribution is -0.394. The molecule has 0 unspecified atom stereocenters. The fraction of sp³-hybridized carbons (Fsp3) is 0.238. The Morgan fingerprint density at radius 3 is 2.22 bits per heavy atom. The van der Waals surface area contributed by atoms with Gasteiger partial charge in [-0.05, 0) is 36.6 Å². The van der Waals surface area contributed by atoms with E-state index in [1.807, 2.05) is 12.1 Å². The smallest absolute Gasteiger partial charge is 0.279 e. The molecule has 0 saturated heterocycles. The Morgan fingerprint density at radius 2 is 1.66 bits per heavy atom. The standard InChI is InChI=1S/C21H23N5O6/c1-13(2)15-4-7-17(8-5-15)22-20(27)10-14(3)23-24-21(28)11-16-6-9-18(25(29)30)12-19(16)26(31)32/h4-10,12-13,23H,11H2,1-3H3,(H,22,27)(H,24,28)/b14-10+. The molecule has 168 valence electrons. The summed E-state index contributed by atoms with van der Waals surface area (Å²) in [5.74, 6) is -0.658. The average molecular weight is 441 g/mol. The molecule has 0 aromatic heterocycles. The summed E-state index contributed by atoms with van der Waals surface area (Å²) < 4.78 is 0. The van der Waals surface area contributed by atoms with Crippen molar-refractivity contribution in [3.63, 3.8) is 0 Å². The molecule has 0 saturated carbocycles. The summed E-state index contributed by atoms with van der Waals surface area (Å²) in [4.78, 5) is 44.6. The van der Waals surface area contributed by atoms with Crippen molar-refractivity contribution in [3.8, 4) is 0 Å². The molecule has 0 aliphatic heterocycles. The minimum atomic E-state index is -0.785. The predicted octanol–water partition coefficient (Wildman–Crippen LogP) is 3.33. The van der Waals surface area contributed by atoms with E-state index in [0.717, 1.165) is 23.8 Å². The van der Waals surface area contributed by atoms with Crippen LogP contribution >= 0.6 is 0 Å². The number of hydrogen-bond acceptors (Lipinski definition) is 7.